The molecule has 2 aromatic rings. The number of hydrogen-bond acceptors (Lipinski definition) is 3. The van der Waals surface area contributed by atoms with Gasteiger partial charge in [0.2, 0.25) is 0 Å². The van der Waals surface area contributed by atoms with Crippen LogP contribution >= 0.6 is 46.4 Å². The van der Waals surface area contributed by atoms with Crippen molar-refractivity contribution in [2.24, 2.45) is 0 Å². The Balaban J connectivity index is 2.35. The van der Waals surface area contributed by atoms with E-state index in [1.165, 1.54) is 0 Å². The maximum atomic E-state index is 11.9. The van der Waals surface area contributed by atoms with E-state index in [2.05, 4.69) is 4.98 Å². The number of rotatable bonds is 2. The van der Waals surface area contributed by atoms with Crippen LogP contribution in [0.2, 0.25) is 20.2 Å². The summed E-state index contributed by atoms with van der Waals surface area (Å²) in [5.74, 6) is -0.413. The van der Waals surface area contributed by atoms with Crippen LogP contribution in [0.15, 0.2) is 30.3 Å². The zero-order valence-corrected chi connectivity index (χ0v) is 12.2. The first-order valence-corrected chi connectivity index (χ1v) is 6.49. The van der Waals surface area contributed by atoms with Crippen molar-refractivity contribution in [1.82, 2.24) is 4.98 Å². The molecule has 0 spiro atoms. The number of ether oxygens (including phenoxy) is 1. The maximum absolute atomic E-state index is 11.9. The van der Waals surface area contributed by atoms with Gasteiger partial charge in [-0.25, -0.2) is 9.78 Å². The van der Waals surface area contributed by atoms with Crippen LogP contribution in [-0.4, -0.2) is 11.0 Å². The fraction of sp³-hybridized carbons (Fsp3) is 0. The smallest absolute Gasteiger partial charge is 0.364 e. The van der Waals surface area contributed by atoms with Crippen LogP contribution in [0, 0.1) is 0 Å². The van der Waals surface area contributed by atoms with Crippen LogP contribution in [0.25, 0.3) is 0 Å². The normalized spacial score (nSPS) is 10.3. The number of benzene rings is 1. The second-order valence-electron chi connectivity index (χ2n) is 3.40. The lowest BCUT2D eigenvalue weighted by molar-refractivity contribution is 0.0729. The molecule has 1 aromatic heterocycles. The van der Waals surface area contributed by atoms with Crippen LogP contribution in [0.3, 0.4) is 0 Å². The van der Waals surface area contributed by atoms with Gasteiger partial charge in [0.05, 0.1) is 15.1 Å². The van der Waals surface area contributed by atoms with Crippen molar-refractivity contribution in [3.63, 3.8) is 0 Å². The van der Waals surface area contributed by atoms with Gasteiger partial charge in [0.25, 0.3) is 0 Å². The zero-order chi connectivity index (χ0) is 14.0. The molecule has 0 unspecified atom stereocenters. The highest BCUT2D eigenvalue weighted by Crippen LogP contribution is 2.36. The number of carbonyl (C=O) groups excluding carboxylic acids is 1. The fourth-order valence-corrected chi connectivity index (χ4v) is 2.07. The molecule has 0 aliphatic rings. The van der Waals surface area contributed by atoms with E-state index in [1.54, 1.807) is 30.3 Å². The highest BCUT2D eigenvalue weighted by atomic mass is 35.5. The van der Waals surface area contributed by atoms with Crippen molar-refractivity contribution < 1.29 is 9.53 Å². The van der Waals surface area contributed by atoms with Crippen LogP contribution in [-0.2, 0) is 0 Å². The number of esters is 1. The highest BCUT2D eigenvalue weighted by Gasteiger charge is 2.21. The van der Waals surface area contributed by atoms with Crippen molar-refractivity contribution in [2.45, 2.75) is 0 Å². The van der Waals surface area contributed by atoms with Crippen LogP contribution < -0.4 is 4.74 Å². The van der Waals surface area contributed by atoms with Gasteiger partial charge in [-0.05, 0) is 12.1 Å². The molecular formula is C12H5Cl4NO2. The quantitative estimate of drug-likeness (QED) is 0.444. The van der Waals surface area contributed by atoms with E-state index in [9.17, 15) is 4.79 Å². The first kappa shape index (κ1) is 14.4. The molecule has 0 radical (unpaired) electrons. The van der Waals surface area contributed by atoms with Crippen LogP contribution in [0.5, 0.6) is 5.75 Å². The second kappa shape index (κ2) is 5.97. The first-order chi connectivity index (χ1) is 9.00. The summed E-state index contributed by atoms with van der Waals surface area (Å²) in [7, 11) is 0. The molecule has 1 aromatic carbocycles. The van der Waals surface area contributed by atoms with Gasteiger partial charge in [-0.3, -0.25) is 0 Å². The molecule has 3 nitrogen and oxygen atoms in total. The van der Waals surface area contributed by atoms with Gasteiger partial charge in [0, 0.05) is 0 Å². The summed E-state index contributed by atoms with van der Waals surface area (Å²) in [6.45, 7) is 0. The monoisotopic (exact) mass is 335 g/mol. The molecule has 7 heteroatoms. The molecule has 2 rings (SSSR count). The molecule has 0 aliphatic heterocycles. The van der Waals surface area contributed by atoms with E-state index in [1.807, 2.05) is 0 Å². The minimum atomic E-state index is -0.767. The van der Waals surface area contributed by atoms with Gasteiger partial charge < -0.3 is 4.74 Å². The number of hydrogen-bond donors (Lipinski definition) is 0. The third-order valence-corrected chi connectivity index (χ3v) is 3.81. The Kier molecular flexibility index (Phi) is 4.53. The number of nitrogens with zero attached hydrogens (tertiary/aromatic N) is 1. The van der Waals surface area contributed by atoms with Crippen molar-refractivity contribution >= 4 is 52.4 Å². The molecule has 0 saturated heterocycles. The summed E-state index contributed by atoms with van der Waals surface area (Å²) in [6, 6.07) is 8.47. The lowest BCUT2D eigenvalue weighted by atomic mass is 10.3. The average Bonchev–Trinajstić information content (AvgIpc) is 2.41. The lowest BCUT2D eigenvalue weighted by Crippen LogP contribution is -2.12. The largest absolute Gasteiger partial charge is 0.422 e. The number of aromatic nitrogens is 1. The molecular weight excluding hydrogens is 332 g/mol. The lowest BCUT2D eigenvalue weighted by Gasteiger charge is -2.08. The summed E-state index contributed by atoms with van der Waals surface area (Å²) < 4.78 is 5.08. The average molecular weight is 337 g/mol. The Morgan fingerprint density at radius 1 is 0.947 bits per heavy atom. The van der Waals surface area contributed by atoms with E-state index < -0.39 is 5.97 Å². The van der Waals surface area contributed by atoms with E-state index in [0.717, 1.165) is 0 Å². The standard InChI is InChI=1S/C12H5Cl4NO2/c13-7-8(14)10(17-11(16)9(7)15)12(18)19-6-4-2-1-3-5-6/h1-5H. The Morgan fingerprint density at radius 3 is 2.21 bits per heavy atom. The van der Waals surface area contributed by atoms with Crippen molar-refractivity contribution in [2.75, 3.05) is 0 Å². The van der Waals surface area contributed by atoms with Gasteiger partial charge >= 0.3 is 5.97 Å². The number of halogens is 4. The van der Waals surface area contributed by atoms with Crippen LogP contribution in [0.1, 0.15) is 10.5 Å². The Morgan fingerprint density at radius 2 is 1.58 bits per heavy atom. The summed E-state index contributed by atoms with van der Waals surface area (Å²) in [4.78, 5) is 15.7. The van der Waals surface area contributed by atoms with Gasteiger partial charge in [0.15, 0.2) is 5.69 Å². The first-order valence-electron chi connectivity index (χ1n) is 4.98. The highest BCUT2D eigenvalue weighted by molar-refractivity contribution is 6.52. The Hall–Kier alpha value is -1.000. The van der Waals surface area contributed by atoms with Gasteiger partial charge in [0.1, 0.15) is 10.9 Å². The van der Waals surface area contributed by atoms with Gasteiger partial charge in [-0.15, -0.1) is 0 Å². The Labute approximate surface area is 129 Å². The predicted octanol–water partition coefficient (Wildman–Crippen LogP) is 4.91. The van der Waals surface area contributed by atoms with Crippen molar-refractivity contribution in [1.29, 1.82) is 0 Å². The molecule has 0 atom stereocenters. The molecule has 0 amide bonds. The predicted molar refractivity (Wildman–Crippen MR) is 75.7 cm³/mol. The minimum Gasteiger partial charge on any atom is -0.422 e. The van der Waals surface area contributed by atoms with E-state index in [4.69, 9.17) is 51.1 Å². The van der Waals surface area contributed by atoms with Gasteiger partial charge in [-0.1, -0.05) is 64.6 Å². The molecule has 98 valence electrons. The van der Waals surface area contributed by atoms with E-state index >= 15 is 0 Å². The maximum Gasteiger partial charge on any atom is 0.364 e. The summed E-state index contributed by atoms with van der Waals surface area (Å²) >= 11 is 23.2. The molecule has 1 heterocycles. The van der Waals surface area contributed by atoms with Gasteiger partial charge in [-0.2, -0.15) is 0 Å². The van der Waals surface area contributed by atoms with Crippen molar-refractivity contribution in [3.05, 3.63) is 56.2 Å². The topological polar surface area (TPSA) is 39.2 Å². The zero-order valence-electron chi connectivity index (χ0n) is 9.16. The second-order valence-corrected chi connectivity index (χ2v) is 4.89. The third-order valence-electron chi connectivity index (χ3n) is 2.13. The molecule has 19 heavy (non-hydrogen) atoms. The minimum absolute atomic E-state index is 0.00963. The van der Waals surface area contributed by atoms with E-state index in [-0.39, 0.29) is 25.9 Å². The fourth-order valence-electron chi connectivity index (χ4n) is 1.27. The summed E-state index contributed by atoms with van der Waals surface area (Å²) in [6.07, 6.45) is 0. The third kappa shape index (κ3) is 3.12. The molecule has 0 fully saturated rings. The number of para-hydroxylation sites is 1. The number of carbonyl (C=O) groups is 1. The molecule has 0 N–H and O–H groups in total. The van der Waals surface area contributed by atoms with E-state index in [0.29, 0.717) is 5.75 Å². The summed E-state index contributed by atoms with van der Waals surface area (Å²) in [5.41, 5.74) is -0.190. The van der Waals surface area contributed by atoms with Crippen molar-refractivity contribution in [3.8, 4) is 5.75 Å². The molecule has 0 saturated carbocycles. The molecule has 0 aliphatic carbocycles. The Bertz CT molecular complexity index is 631. The molecule has 0 bridgehead atoms. The summed E-state index contributed by atoms with van der Waals surface area (Å²) in [5, 5.41) is -0.263. The van der Waals surface area contributed by atoms with Crippen LogP contribution in [0.4, 0.5) is 0 Å². The SMILES string of the molecule is O=C(Oc1ccccc1)c1nc(Cl)c(Cl)c(Cl)c1Cl. The number of pyridine rings is 1.